The predicted octanol–water partition coefficient (Wildman–Crippen LogP) is 2.69. The number of hydrogen-bond acceptors (Lipinski definition) is 3. The smallest absolute Gasteiger partial charge is 0.307 e. The van der Waals surface area contributed by atoms with Gasteiger partial charge in [0.2, 0.25) is 5.91 Å². The van der Waals surface area contributed by atoms with Crippen molar-refractivity contribution in [2.24, 2.45) is 23.7 Å². The molecule has 2 bridgehead atoms. The summed E-state index contributed by atoms with van der Waals surface area (Å²) < 4.78 is 0. The lowest BCUT2D eigenvalue weighted by Crippen LogP contribution is -2.36. The monoisotopic (exact) mass is 368 g/mol. The van der Waals surface area contributed by atoms with Crippen LogP contribution in [-0.4, -0.2) is 40.9 Å². The molecule has 1 aliphatic heterocycles. The molecule has 1 heterocycles. The van der Waals surface area contributed by atoms with Gasteiger partial charge in [-0.05, 0) is 61.8 Å². The first kappa shape index (κ1) is 17.8. The van der Waals surface area contributed by atoms with E-state index in [4.69, 9.17) is 0 Å². The Hall–Kier alpha value is -2.63. The number of rotatable bonds is 4. The first-order chi connectivity index (χ1) is 13.0. The van der Waals surface area contributed by atoms with Crippen molar-refractivity contribution in [2.45, 2.75) is 26.2 Å². The van der Waals surface area contributed by atoms with Crippen molar-refractivity contribution < 1.29 is 19.5 Å². The summed E-state index contributed by atoms with van der Waals surface area (Å²) in [4.78, 5) is 38.8. The van der Waals surface area contributed by atoms with Gasteiger partial charge in [0.25, 0.3) is 5.91 Å². The Morgan fingerprint density at radius 3 is 2.37 bits per heavy atom. The number of hydrogen-bond donors (Lipinski definition) is 2. The minimum atomic E-state index is -0.907. The number of fused-ring (bicyclic) bond motifs is 2. The maximum absolute atomic E-state index is 12.8. The average molecular weight is 368 g/mol. The fourth-order valence-corrected chi connectivity index (χ4v) is 4.77. The second-order valence-electron chi connectivity index (χ2n) is 7.86. The molecule has 2 N–H and O–H groups in total. The average Bonchev–Trinajstić information content (AvgIpc) is 3.39. The SMILES string of the molecule is Cc1cc(C(=O)N2CCCC2)ccc1NC(=O)C1C2C=CC(C2)C1C(=O)O. The summed E-state index contributed by atoms with van der Waals surface area (Å²) in [6.07, 6.45) is 6.72. The molecular weight excluding hydrogens is 344 g/mol. The number of carboxylic acids is 1. The molecule has 6 heteroatoms. The normalized spacial score (nSPS) is 28.6. The Morgan fingerprint density at radius 2 is 1.74 bits per heavy atom. The van der Waals surface area contributed by atoms with Gasteiger partial charge in [0.05, 0.1) is 11.8 Å². The van der Waals surface area contributed by atoms with E-state index in [2.05, 4.69) is 5.32 Å². The van der Waals surface area contributed by atoms with E-state index >= 15 is 0 Å². The summed E-state index contributed by atoms with van der Waals surface area (Å²) in [6, 6.07) is 5.28. The van der Waals surface area contributed by atoms with Crippen molar-refractivity contribution >= 4 is 23.5 Å². The molecule has 1 saturated carbocycles. The molecule has 0 spiro atoms. The molecule has 27 heavy (non-hydrogen) atoms. The first-order valence-corrected chi connectivity index (χ1v) is 9.57. The van der Waals surface area contributed by atoms with Crippen LogP contribution in [0.2, 0.25) is 0 Å². The van der Waals surface area contributed by atoms with E-state index in [0.29, 0.717) is 11.3 Å². The van der Waals surface area contributed by atoms with Gasteiger partial charge in [0.15, 0.2) is 0 Å². The zero-order chi connectivity index (χ0) is 19.1. The molecule has 142 valence electrons. The van der Waals surface area contributed by atoms with Gasteiger partial charge in [0, 0.05) is 24.3 Å². The molecule has 0 radical (unpaired) electrons. The molecule has 2 fully saturated rings. The van der Waals surface area contributed by atoms with E-state index < -0.39 is 17.8 Å². The van der Waals surface area contributed by atoms with Crippen molar-refractivity contribution in [3.05, 3.63) is 41.5 Å². The van der Waals surface area contributed by atoms with Crippen LogP contribution in [0, 0.1) is 30.6 Å². The molecule has 1 aromatic rings. The van der Waals surface area contributed by atoms with Gasteiger partial charge >= 0.3 is 5.97 Å². The van der Waals surface area contributed by atoms with Crippen molar-refractivity contribution in [3.63, 3.8) is 0 Å². The lowest BCUT2D eigenvalue weighted by molar-refractivity contribution is -0.146. The number of amides is 2. The minimum Gasteiger partial charge on any atom is -0.481 e. The number of allylic oxidation sites excluding steroid dienone is 2. The molecule has 2 aliphatic carbocycles. The quantitative estimate of drug-likeness (QED) is 0.800. The van der Waals surface area contributed by atoms with Crippen LogP contribution in [0.5, 0.6) is 0 Å². The number of aliphatic carboxylic acids is 1. The molecule has 1 aromatic carbocycles. The Bertz CT molecular complexity index is 825. The largest absolute Gasteiger partial charge is 0.481 e. The maximum atomic E-state index is 12.8. The second kappa shape index (κ2) is 6.83. The fraction of sp³-hybridized carbons (Fsp3) is 0.476. The number of carbonyl (C=O) groups is 3. The van der Waals surface area contributed by atoms with E-state index in [1.165, 1.54) is 0 Å². The van der Waals surface area contributed by atoms with Gasteiger partial charge in [-0.25, -0.2) is 0 Å². The molecule has 4 rings (SSSR count). The molecule has 2 amide bonds. The topological polar surface area (TPSA) is 86.7 Å². The van der Waals surface area contributed by atoms with Crippen molar-refractivity contribution in [1.82, 2.24) is 4.90 Å². The van der Waals surface area contributed by atoms with Crippen LogP contribution in [0.4, 0.5) is 5.69 Å². The Balaban J connectivity index is 1.49. The highest BCUT2D eigenvalue weighted by atomic mass is 16.4. The lowest BCUT2D eigenvalue weighted by atomic mass is 9.82. The zero-order valence-corrected chi connectivity index (χ0v) is 15.4. The molecule has 6 nitrogen and oxygen atoms in total. The minimum absolute atomic E-state index is 0.00702. The number of anilines is 1. The summed E-state index contributed by atoms with van der Waals surface area (Å²) in [7, 11) is 0. The van der Waals surface area contributed by atoms with E-state index in [-0.39, 0.29) is 23.7 Å². The van der Waals surface area contributed by atoms with Crippen LogP contribution < -0.4 is 5.32 Å². The number of nitrogens with one attached hydrogen (secondary N) is 1. The van der Waals surface area contributed by atoms with Gasteiger partial charge in [0.1, 0.15) is 0 Å². The summed E-state index contributed by atoms with van der Waals surface area (Å²) in [5, 5.41) is 12.4. The van der Waals surface area contributed by atoms with Gasteiger partial charge in [-0.3, -0.25) is 14.4 Å². The summed E-state index contributed by atoms with van der Waals surface area (Å²) in [5.41, 5.74) is 2.06. The highest BCUT2D eigenvalue weighted by Gasteiger charge is 2.51. The molecule has 4 unspecified atom stereocenters. The number of carboxylic acid groups (broad SMARTS) is 1. The third kappa shape index (κ3) is 3.13. The second-order valence-corrected chi connectivity index (χ2v) is 7.86. The number of aryl methyl sites for hydroxylation is 1. The molecule has 1 saturated heterocycles. The maximum Gasteiger partial charge on any atom is 0.307 e. The Morgan fingerprint density at radius 1 is 1.07 bits per heavy atom. The van der Waals surface area contributed by atoms with Crippen LogP contribution in [0.25, 0.3) is 0 Å². The van der Waals surface area contributed by atoms with Crippen molar-refractivity contribution in [2.75, 3.05) is 18.4 Å². The standard InChI is InChI=1S/C21H24N2O4/c1-12-10-15(20(25)23-8-2-3-9-23)6-7-16(12)22-19(24)17-13-4-5-14(11-13)18(17)21(26)27/h4-7,10,13-14,17-18H,2-3,8-9,11H2,1H3,(H,22,24)(H,26,27). The molecule has 3 aliphatic rings. The summed E-state index contributed by atoms with van der Waals surface area (Å²) >= 11 is 0. The highest BCUT2D eigenvalue weighted by molar-refractivity contribution is 5.98. The van der Waals surface area contributed by atoms with Crippen molar-refractivity contribution in [3.8, 4) is 0 Å². The third-order valence-electron chi connectivity index (χ3n) is 6.17. The summed E-state index contributed by atoms with van der Waals surface area (Å²) in [6.45, 7) is 3.45. The van der Waals surface area contributed by atoms with Crippen LogP contribution in [0.15, 0.2) is 30.4 Å². The Kier molecular flexibility index (Phi) is 4.50. The molecule has 4 atom stereocenters. The number of likely N-dealkylation sites (tertiary alicyclic amines) is 1. The van der Waals surface area contributed by atoms with Crippen LogP contribution in [0.1, 0.15) is 35.2 Å². The van der Waals surface area contributed by atoms with E-state index in [1.54, 1.807) is 18.2 Å². The number of benzene rings is 1. The predicted molar refractivity (Wildman–Crippen MR) is 100 cm³/mol. The van der Waals surface area contributed by atoms with Crippen molar-refractivity contribution in [1.29, 1.82) is 0 Å². The number of carbonyl (C=O) groups excluding carboxylic acids is 2. The van der Waals surface area contributed by atoms with E-state index in [9.17, 15) is 19.5 Å². The van der Waals surface area contributed by atoms with Gasteiger partial charge in [-0.15, -0.1) is 0 Å². The molecule has 0 aromatic heterocycles. The zero-order valence-electron chi connectivity index (χ0n) is 15.4. The third-order valence-corrected chi connectivity index (χ3v) is 6.17. The Labute approximate surface area is 158 Å². The van der Waals surface area contributed by atoms with Crippen LogP contribution >= 0.6 is 0 Å². The van der Waals surface area contributed by atoms with Gasteiger partial charge < -0.3 is 15.3 Å². The summed E-state index contributed by atoms with van der Waals surface area (Å²) in [5.74, 6) is -2.38. The fourth-order valence-electron chi connectivity index (χ4n) is 4.77. The number of nitrogens with zero attached hydrogens (tertiary/aromatic N) is 1. The van der Waals surface area contributed by atoms with Crippen LogP contribution in [-0.2, 0) is 9.59 Å². The molecular formula is C21H24N2O4. The highest BCUT2D eigenvalue weighted by Crippen LogP contribution is 2.48. The van der Waals surface area contributed by atoms with Gasteiger partial charge in [-0.1, -0.05) is 12.2 Å². The van der Waals surface area contributed by atoms with Gasteiger partial charge in [-0.2, -0.15) is 0 Å². The first-order valence-electron chi connectivity index (χ1n) is 9.57. The lowest BCUT2D eigenvalue weighted by Gasteiger charge is -2.24. The van der Waals surface area contributed by atoms with E-state index in [1.807, 2.05) is 24.0 Å². The van der Waals surface area contributed by atoms with Crippen LogP contribution in [0.3, 0.4) is 0 Å². The van der Waals surface area contributed by atoms with E-state index in [0.717, 1.165) is 37.9 Å².